The van der Waals surface area contributed by atoms with Gasteiger partial charge in [0.15, 0.2) is 11.5 Å². The fourth-order valence-corrected chi connectivity index (χ4v) is 1.32. The van der Waals surface area contributed by atoms with Crippen molar-refractivity contribution in [1.29, 1.82) is 0 Å². The van der Waals surface area contributed by atoms with Gasteiger partial charge in [-0.25, -0.2) is 9.37 Å². The third-order valence-electron chi connectivity index (χ3n) is 1.88. The van der Waals surface area contributed by atoms with Crippen LogP contribution in [0.15, 0.2) is 37.3 Å². The average Bonchev–Trinajstić information content (AvgIpc) is 2.53. The molecule has 0 saturated carbocycles. The van der Waals surface area contributed by atoms with Crippen LogP contribution in [0.3, 0.4) is 0 Å². The first-order chi connectivity index (χ1) is 6.31. The number of imidazole rings is 1. The molecule has 0 bridgehead atoms. The predicted octanol–water partition coefficient (Wildman–Crippen LogP) is 2.20. The molecule has 3 heteroatoms. The molecule has 13 heavy (non-hydrogen) atoms. The lowest BCUT2D eigenvalue weighted by Gasteiger charge is -1.99. The van der Waals surface area contributed by atoms with Gasteiger partial charge in [-0.1, -0.05) is 6.08 Å². The van der Waals surface area contributed by atoms with Crippen LogP contribution in [0.4, 0.5) is 4.39 Å². The highest BCUT2D eigenvalue weighted by atomic mass is 19.1. The van der Waals surface area contributed by atoms with Gasteiger partial charge in [-0.3, -0.25) is 0 Å². The first kappa shape index (κ1) is 7.98. The molecule has 0 atom stereocenters. The SMILES string of the molecule is C=CCc1cc(F)c2nccn2c1. The standard InChI is InChI=1S/C10H9FN2/c1-2-3-8-6-9(11)10-12-4-5-13(10)7-8/h2,4-7H,1,3H2. The van der Waals surface area contributed by atoms with E-state index in [0.29, 0.717) is 12.1 Å². The Kier molecular flexibility index (Phi) is 1.85. The van der Waals surface area contributed by atoms with E-state index < -0.39 is 0 Å². The molecule has 0 aliphatic heterocycles. The maximum atomic E-state index is 13.3. The summed E-state index contributed by atoms with van der Waals surface area (Å²) in [5.74, 6) is -0.288. The summed E-state index contributed by atoms with van der Waals surface area (Å²) in [6.45, 7) is 3.61. The van der Waals surface area contributed by atoms with Gasteiger partial charge in [0.05, 0.1) is 0 Å². The van der Waals surface area contributed by atoms with E-state index >= 15 is 0 Å². The Morgan fingerprint density at radius 1 is 1.62 bits per heavy atom. The molecule has 0 fully saturated rings. The van der Waals surface area contributed by atoms with Crippen molar-refractivity contribution < 1.29 is 4.39 Å². The van der Waals surface area contributed by atoms with Crippen LogP contribution in [0.1, 0.15) is 5.56 Å². The minimum Gasteiger partial charge on any atom is -0.304 e. The number of aromatic nitrogens is 2. The summed E-state index contributed by atoms with van der Waals surface area (Å²) in [5, 5.41) is 0. The lowest BCUT2D eigenvalue weighted by Crippen LogP contribution is -1.92. The van der Waals surface area contributed by atoms with Gasteiger partial charge in [0.25, 0.3) is 0 Å². The summed E-state index contributed by atoms with van der Waals surface area (Å²) < 4.78 is 15.0. The quantitative estimate of drug-likeness (QED) is 0.641. The third-order valence-corrected chi connectivity index (χ3v) is 1.88. The molecule has 0 aromatic carbocycles. The normalized spacial score (nSPS) is 10.5. The highest BCUT2D eigenvalue weighted by molar-refractivity contribution is 5.41. The zero-order valence-corrected chi connectivity index (χ0v) is 7.07. The van der Waals surface area contributed by atoms with Gasteiger partial charge in [-0.05, 0) is 18.1 Å². The molecule has 0 amide bonds. The molecule has 0 spiro atoms. The number of pyridine rings is 1. The largest absolute Gasteiger partial charge is 0.304 e. The van der Waals surface area contributed by atoms with Crippen LogP contribution in [0.2, 0.25) is 0 Å². The van der Waals surface area contributed by atoms with Crippen molar-refractivity contribution in [3.63, 3.8) is 0 Å². The van der Waals surface area contributed by atoms with Crippen LogP contribution in [-0.4, -0.2) is 9.38 Å². The number of halogens is 1. The number of nitrogens with zero attached hydrogens (tertiary/aromatic N) is 2. The molecule has 2 rings (SSSR count). The fraction of sp³-hybridized carbons (Fsp3) is 0.100. The van der Waals surface area contributed by atoms with E-state index in [1.54, 1.807) is 22.9 Å². The number of fused-ring (bicyclic) bond motifs is 1. The van der Waals surface area contributed by atoms with Gasteiger partial charge in [-0.2, -0.15) is 0 Å². The molecule has 0 aliphatic carbocycles. The molecule has 0 saturated heterocycles. The summed E-state index contributed by atoms with van der Waals surface area (Å²) in [6.07, 6.45) is 7.58. The second-order valence-corrected chi connectivity index (χ2v) is 2.85. The monoisotopic (exact) mass is 176 g/mol. The summed E-state index contributed by atoms with van der Waals surface area (Å²) in [5.41, 5.74) is 1.27. The molecule has 0 aliphatic rings. The molecule has 2 nitrogen and oxygen atoms in total. The molecule has 2 aromatic rings. The van der Waals surface area contributed by atoms with E-state index in [0.717, 1.165) is 5.56 Å². The topological polar surface area (TPSA) is 17.3 Å². The Morgan fingerprint density at radius 2 is 2.46 bits per heavy atom. The number of rotatable bonds is 2. The molecule has 2 heterocycles. The van der Waals surface area contributed by atoms with Gasteiger partial charge >= 0.3 is 0 Å². The van der Waals surface area contributed by atoms with Crippen LogP contribution < -0.4 is 0 Å². The minimum absolute atomic E-state index is 0.288. The number of hydrogen-bond acceptors (Lipinski definition) is 1. The Morgan fingerprint density at radius 3 is 3.23 bits per heavy atom. The van der Waals surface area contributed by atoms with Crippen LogP contribution in [0, 0.1) is 5.82 Å². The zero-order chi connectivity index (χ0) is 9.26. The Balaban J connectivity index is 2.62. The molecular weight excluding hydrogens is 167 g/mol. The molecule has 0 radical (unpaired) electrons. The summed E-state index contributed by atoms with van der Waals surface area (Å²) in [6, 6.07) is 1.49. The molecule has 0 N–H and O–H groups in total. The van der Waals surface area contributed by atoms with E-state index in [2.05, 4.69) is 11.6 Å². The van der Waals surface area contributed by atoms with Crippen molar-refractivity contribution in [2.45, 2.75) is 6.42 Å². The van der Waals surface area contributed by atoms with Crippen molar-refractivity contribution in [2.75, 3.05) is 0 Å². The van der Waals surface area contributed by atoms with E-state index in [-0.39, 0.29) is 5.82 Å². The first-order valence-corrected chi connectivity index (χ1v) is 4.03. The molecule has 2 aromatic heterocycles. The second-order valence-electron chi connectivity index (χ2n) is 2.85. The summed E-state index contributed by atoms with van der Waals surface area (Å²) >= 11 is 0. The van der Waals surface area contributed by atoms with E-state index in [4.69, 9.17) is 0 Å². The lowest BCUT2D eigenvalue weighted by molar-refractivity contribution is 0.628. The minimum atomic E-state index is -0.288. The van der Waals surface area contributed by atoms with Gasteiger partial charge in [0.1, 0.15) is 0 Å². The lowest BCUT2D eigenvalue weighted by atomic mass is 10.2. The van der Waals surface area contributed by atoms with E-state index in [1.165, 1.54) is 6.07 Å². The number of hydrogen-bond donors (Lipinski definition) is 0. The summed E-state index contributed by atoms with van der Waals surface area (Å²) in [7, 11) is 0. The molecular formula is C10H9FN2. The zero-order valence-electron chi connectivity index (χ0n) is 7.07. The van der Waals surface area contributed by atoms with Crippen molar-refractivity contribution in [3.05, 3.63) is 48.7 Å². The van der Waals surface area contributed by atoms with Crippen molar-refractivity contribution in [3.8, 4) is 0 Å². The van der Waals surface area contributed by atoms with Crippen LogP contribution in [-0.2, 0) is 6.42 Å². The molecule has 66 valence electrons. The Labute approximate surface area is 75.3 Å². The predicted molar refractivity (Wildman–Crippen MR) is 49.1 cm³/mol. The second kappa shape index (κ2) is 3.01. The van der Waals surface area contributed by atoms with Gasteiger partial charge in [-0.15, -0.1) is 6.58 Å². The van der Waals surface area contributed by atoms with Crippen LogP contribution >= 0.6 is 0 Å². The maximum Gasteiger partial charge on any atom is 0.173 e. The highest BCUT2D eigenvalue weighted by Crippen LogP contribution is 2.10. The number of allylic oxidation sites excluding steroid dienone is 1. The maximum absolute atomic E-state index is 13.3. The van der Waals surface area contributed by atoms with Crippen molar-refractivity contribution in [1.82, 2.24) is 9.38 Å². The van der Waals surface area contributed by atoms with Crippen molar-refractivity contribution in [2.24, 2.45) is 0 Å². The van der Waals surface area contributed by atoms with Crippen LogP contribution in [0.25, 0.3) is 5.65 Å². The first-order valence-electron chi connectivity index (χ1n) is 4.03. The smallest absolute Gasteiger partial charge is 0.173 e. The fourth-order valence-electron chi connectivity index (χ4n) is 1.32. The Bertz CT molecular complexity index is 445. The third kappa shape index (κ3) is 1.33. The average molecular weight is 176 g/mol. The van der Waals surface area contributed by atoms with Crippen LogP contribution in [0.5, 0.6) is 0 Å². The summed E-state index contributed by atoms with van der Waals surface area (Å²) in [4.78, 5) is 3.88. The Hall–Kier alpha value is -1.64. The van der Waals surface area contributed by atoms with E-state index in [9.17, 15) is 4.39 Å². The van der Waals surface area contributed by atoms with Gasteiger partial charge < -0.3 is 4.40 Å². The van der Waals surface area contributed by atoms with Gasteiger partial charge in [0, 0.05) is 18.6 Å². The van der Waals surface area contributed by atoms with E-state index in [1.807, 2.05) is 6.20 Å². The van der Waals surface area contributed by atoms with Crippen molar-refractivity contribution >= 4 is 5.65 Å². The van der Waals surface area contributed by atoms with Gasteiger partial charge in [0.2, 0.25) is 0 Å². The molecule has 0 unspecified atom stereocenters. The highest BCUT2D eigenvalue weighted by Gasteiger charge is 2.02.